The highest BCUT2D eigenvalue weighted by Crippen LogP contribution is 1.93. The van der Waals surface area contributed by atoms with Crippen LogP contribution in [0, 0.1) is 23.7 Å². The fourth-order valence-corrected chi connectivity index (χ4v) is 0.500. The molecule has 10 heavy (non-hydrogen) atoms. The molecule has 2 atom stereocenters. The van der Waals surface area contributed by atoms with E-state index < -0.39 is 0 Å². The average Bonchev–Trinajstić information content (AvgIpc) is 1.79. The van der Waals surface area contributed by atoms with Crippen molar-refractivity contribution in [1.82, 2.24) is 0 Å². The van der Waals surface area contributed by atoms with E-state index in [1.165, 1.54) is 0 Å². The smallest absolute Gasteiger partial charge is 0.0736 e. The molecule has 0 fully saturated rings. The van der Waals surface area contributed by atoms with Crippen LogP contribution in [0.15, 0.2) is 0 Å². The summed E-state index contributed by atoms with van der Waals surface area (Å²) >= 11 is 6.58. The minimum absolute atomic E-state index is 0.229. The number of alkyl halides is 2. The zero-order valence-corrected chi connectivity index (χ0v) is 9.08. The van der Waals surface area contributed by atoms with E-state index in [9.17, 15) is 0 Å². The largest absolute Gasteiger partial charge is 0.0751 e. The molecule has 0 bridgehead atoms. The number of rotatable bonds is 0. The van der Waals surface area contributed by atoms with Gasteiger partial charge in [-0.15, -0.1) is 0 Å². The molecular weight excluding hydrogens is 256 g/mol. The van der Waals surface area contributed by atoms with Gasteiger partial charge >= 0.3 is 0 Å². The van der Waals surface area contributed by atoms with E-state index >= 15 is 0 Å². The Kier molecular flexibility index (Phi) is 5.88. The van der Waals surface area contributed by atoms with Gasteiger partial charge in [-0.1, -0.05) is 43.7 Å². The van der Waals surface area contributed by atoms with Gasteiger partial charge in [-0.3, -0.25) is 0 Å². The lowest BCUT2D eigenvalue weighted by atomic mass is 10.4. The summed E-state index contributed by atoms with van der Waals surface area (Å²) in [6, 6.07) is 0. The molecule has 0 aliphatic rings. The summed E-state index contributed by atoms with van der Waals surface area (Å²) in [5.41, 5.74) is 0. The fraction of sp³-hybridized carbons (Fsp3) is 0.500. The summed E-state index contributed by atoms with van der Waals surface area (Å²) in [4.78, 5) is 0.458. The molecule has 0 saturated carbocycles. The van der Waals surface area contributed by atoms with Crippen molar-refractivity contribution < 1.29 is 0 Å². The molecule has 54 valence electrons. The first-order chi connectivity index (χ1) is 4.63. The van der Waals surface area contributed by atoms with Gasteiger partial charge in [-0.25, -0.2) is 0 Å². The van der Waals surface area contributed by atoms with Gasteiger partial charge in [-0.2, -0.15) is 0 Å². The highest BCUT2D eigenvalue weighted by atomic mass is 79.9. The van der Waals surface area contributed by atoms with Gasteiger partial charge in [-0.05, 0) is 25.7 Å². The van der Waals surface area contributed by atoms with Crippen LogP contribution in [0.1, 0.15) is 13.8 Å². The molecule has 0 heterocycles. The molecule has 0 aliphatic carbocycles. The van der Waals surface area contributed by atoms with Crippen molar-refractivity contribution in [2.24, 2.45) is 0 Å². The third-order valence-corrected chi connectivity index (χ3v) is 1.06. The van der Waals surface area contributed by atoms with E-state index in [4.69, 9.17) is 0 Å². The Morgan fingerprint density at radius 2 is 1.20 bits per heavy atom. The van der Waals surface area contributed by atoms with Crippen LogP contribution in [0.4, 0.5) is 0 Å². The number of halogens is 2. The van der Waals surface area contributed by atoms with Gasteiger partial charge in [0.2, 0.25) is 0 Å². The topological polar surface area (TPSA) is 0 Å². The summed E-state index contributed by atoms with van der Waals surface area (Å²) < 4.78 is 0. The molecule has 0 nitrogen and oxygen atoms in total. The molecule has 0 rings (SSSR count). The molecule has 0 aliphatic heterocycles. The summed E-state index contributed by atoms with van der Waals surface area (Å²) in [7, 11) is 0. The third kappa shape index (κ3) is 8.08. The Bertz CT molecular complexity index is 171. The van der Waals surface area contributed by atoms with Gasteiger partial charge in [0.25, 0.3) is 0 Å². The van der Waals surface area contributed by atoms with Gasteiger partial charge in [0.15, 0.2) is 0 Å². The molecule has 0 amide bonds. The standard InChI is InChI=1S/C8H8Br2/c1-7(9)5-3-4-6-8(2)10/h7-8H,1-2H3. The Hall–Kier alpha value is 0.0800. The van der Waals surface area contributed by atoms with Crippen molar-refractivity contribution in [2.45, 2.75) is 23.5 Å². The van der Waals surface area contributed by atoms with E-state index in [-0.39, 0.29) is 9.65 Å². The maximum Gasteiger partial charge on any atom is 0.0736 e. The van der Waals surface area contributed by atoms with E-state index in [0.717, 1.165) is 0 Å². The second-order valence-electron chi connectivity index (χ2n) is 1.77. The van der Waals surface area contributed by atoms with Crippen molar-refractivity contribution >= 4 is 31.9 Å². The molecule has 0 aromatic rings. The van der Waals surface area contributed by atoms with Crippen LogP contribution in [0.2, 0.25) is 0 Å². The highest BCUT2D eigenvalue weighted by molar-refractivity contribution is 9.09. The maximum absolute atomic E-state index is 3.29. The van der Waals surface area contributed by atoms with Crippen molar-refractivity contribution in [3.63, 3.8) is 0 Å². The van der Waals surface area contributed by atoms with Gasteiger partial charge in [0.05, 0.1) is 9.65 Å². The van der Waals surface area contributed by atoms with Crippen molar-refractivity contribution in [2.75, 3.05) is 0 Å². The quantitative estimate of drug-likeness (QED) is 0.466. The van der Waals surface area contributed by atoms with Gasteiger partial charge < -0.3 is 0 Å². The predicted octanol–water partition coefficient (Wildman–Crippen LogP) is 2.56. The minimum atomic E-state index is 0.229. The van der Waals surface area contributed by atoms with Crippen molar-refractivity contribution in [1.29, 1.82) is 0 Å². The normalized spacial score (nSPS) is 13.6. The Labute approximate surface area is 79.0 Å². The van der Waals surface area contributed by atoms with E-state index in [1.54, 1.807) is 0 Å². The van der Waals surface area contributed by atoms with Crippen LogP contribution in [0.3, 0.4) is 0 Å². The Morgan fingerprint density at radius 1 is 0.900 bits per heavy atom. The maximum atomic E-state index is 3.29. The second-order valence-corrected chi connectivity index (χ2v) is 4.52. The first-order valence-corrected chi connectivity index (χ1v) is 4.75. The van der Waals surface area contributed by atoms with Crippen LogP contribution < -0.4 is 0 Å². The summed E-state index contributed by atoms with van der Waals surface area (Å²) in [6.45, 7) is 3.93. The lowest BCUT2D eigenvalue weighted by Crippen LogP contribution is -1.81. The molecule has 0 radical (unpaired) electrons. The zero-order valence-electron chi connectivity index (χ0n) is 5.91. The molecule has 0 saturated heterocycles. The summed E-state index contributed by atoms with van der Waals surface area (Å²) in [5, 5.41) is 0. The lowest BCUT2D eigenvalue weighted by Gasteiger charge is -1.82. The van der Waals surface area contributed by atoms with Crippen LogP contribution in [-0.2, 0) is 0 Å². The van der Waals surface area contributed by atoms with Crippen molar-refractivity contribution in [3.8, 4) is 23.7 Å². The van der Waals surface area contributed by atoms with Gasteiger partial charge in [0, 0.05) is 0 Å². The zero-order chi connectivity index (χ0) is 7.98. The molecule has 2 heteroatoms. The van der Waals surface area contributed by atoms with Gasteiger partial charge in [0.1, 0.15) is 0 Å². The molecule has 0 N–H and O–H groups in total. The molecule has 0 aromatic carbocycles. The number of hydrogen-bond acceptors (Lipinski definition) is 0. The Balaban J connectivity index is 3.78. The van der Waals surface area contributed by atoms with E-state index in [1.807, 2.05) is 13.8 Å². The first-order valence-electron chi connectivity index (χ1n) is 2.92. The van der Waals surface area contributed by atoms with Crippen LogP contribution in [0.5, 0.6) is 0 Å². The average molecular weight is 264 g/mol. The monoisotopic (exact) mass is 262 g/mol. The number of hydrogen-bond donors (Lipinski definition) is 0. The molecule has 0 spiro atoms. The second kappa shape index (κ2) is 5.83. The van der Waals surface area contributed by atoms with Crippen LogP contribution in [0.25, 0.3) is 0 Å². The molecular formula is C8H8Br2. The first kappa shape index (κ1) is 10.1. The molecule has 0 aromatic heterocycles. The predicted molar refractivity (Wildman–Crippen MR) is 52.3 cm³/mol. The summed E-state index contributed by atoms with van der Waals surface area (Å²) in [5.74, 6) is 11.2. The highest BCUT2D eigenvalue weighted by Gasteiger charge is 1.82. The molecule has 2 unspecified atom stereocenters. The SMILES string of the molecule is CC(Br)C#CC#CC(C)Br. The Morgan fingerprint density at radius 3 is 1.40 bits per heavy atom. The van der Waals surface area contributed by atoms with Crippen molar-refractivity contribution in [3.05, 3.63) is 0 Å². The van der Waals surface area contributed by atoms with E-state index in [2.05, 4.69) is 55.5 Å². The van der Waals surface area contributed by atoms with Crippen LogP contribution >= 0.6 is 31.9 Å². The lowest BCUT2D eigenvalue weighted by molar-refractivity contribution is 1.33. The fourth-order valence-electron chi connectivity index (χ4n) is 0.271. The summed E-state index contributed by atoms with van der Waals surface area (Å²) in [6.07, 6.45) is 0. The van der Waals surface area contributed by atoms with E-state index in [0.29, 0.717) is 0 Å². The third-order valence-electron chi connectivity index (χ3n) is 0.605. The minimum Gasteiger partial charge on any atom is -0.0751 e. The van der Waals surface area contributed by atoms with Crippen LogP contribution in [-0.4, -0.2) is 9.65 Å².